The molecule has 0 unspecified atom stereocenters. The third kappa shape index (κ3) is 3.65. The molecule has 142 valence electrons. The van der Waals surface area contributed by atoms with E-state index in [1.165, 1.54) is 0 Å². The standard InChI is InChI=1S/C18H15ClN6O3/c19-12-3-4-13(14(10-12)25-9-1-2-15(25)26)17(27)22-23-18-21-16(24-28-18)11-5-7-20-8-6-11/h3-8,10H,1-2,9H2,(H,22,27)(H,21,23,24). The molecule has 0 saturated carbocycles. The summed E-state index contributed by atoms with van der Waals surface area (Å²) in [5.74, 6) is -0.146. The number of benzene rings is 1. The van der Waals surface area contributed by atoms with Crippen molar-refractivity contribution in [3.8, 4) is 11.4 Å². The zero-order valence-corrected chi connectivity index (χ0v) is 15.3. The van der Waals surface area contributed by atoms with Crippen LogP contribution in [0, 0.1) is 0 Å². The molecule has 0 radical (unpaired) electrons. The Bertz CT molecular complexity index is 1020. The summed E-state index contributed by atoms with van der Waals surface area (Å²) < 4.78 is 5.08. The Kier molecular flexibility index (Phi) is 4.90. The molecule has 1 aliphatic rings. The number of hydrogen-bond acceptors (Lipinski definition) is 7. The minimum Gasteiger partial charge on any atom is -0.313 e. The summed E-state index contributed by atoms with van der Waals surface area (Å²) in [5.41, 5.74) is 6.59. The third-order valence-corrected chi connectivity index (χ3v) is 4.45. The molecule has 0 atom stereocenters. The number of halogens is 1. The van der Waals surface area contributed by atoms with Crippen LogP contribution in [0.3, 0.4) is 0 Å². The van der Waals surface area contributed by atoms with E-state index >= 15 is 0 Å². The second-order valence-electron chi connectivity index (χ2n) is 6.05. The fraction of sp³-hybridized carbons (Fsp3) is 0.167. The number of carbonyl (C=O) groups is 2. The van der Waals surface area contributed by atoms with E-state index in [2.05, 4.69) is 26.0 Å². The van der Waals surface area contributed by atoms with Gasteiger partial charge in [-0.05, 0) is 36.8 Å². The summed E-state index contributed by atoms with van der Waals surface area (Å²) in [6.45, 7) is 0.547. The molecule has 1 saturated heterocycles. The van der Waals surface area contributed by atoms with Gasteiger partial charge in [0, 0.05) is 35.9 Å². The van der Waals surface area contributed by atoms with Gasteiger partial charge in [0.15, 0.2) is 0 Å². The molecule has 0 bridgehead atoms. The van der Waals surface area contributed by atoms with E-state index in [0.29, 0.717) is 35.1 Å². The highest BCUT2D eigenvalue weighted by molar-refractivity contribution is 6.31. The molecule has 1 fully saturated rings. The summed E-state index contributed by atoms with van der Waals surface area (Å²) in [4.78, 5) is 34.4. The van der Waals surface area contributed by atoms with Gasteiger partial charge in [0.1, 0.15) is 0 Å². The maximum absolute atomic E-state index is 12.6. The van der Waals surface area contributed by atoms with Crippen LogP contribution in [0.5, 0.6) is 0 Å². The predicted octanol–water partition coefficient (Wildman–Crippen LogP) is 2.67. The van der Waals surface area contributed by atoms with Crippen LogP contribution in [0.4, 0.5) is 11.7 Å². The van der Waals surface area contributed by atoms with Crippen molar-refractivity contribution in [2.24, 2.45) is 0 Å². The maximum atomic E-state index is 12.6. The van der Waals surface area contributed by atoms with Crippen LogP contribution in [0.15, 0.2) is 47.2 Å². The Morgan fingerprint density at radius 1 is 1.21 bits per heavy atom. The molecule has 0 aliphatic carbocycles. The van der Waals surface area contributed by atoms with Crippen LogP contribution in [-0.2, 0) is 4.79 Å². The lowest BCUT2D eigenvalue weighted by molar-refractivity contribution is -0.117. The van der Waals surface area contributed by atoms with Crippen LogP contribution >= 0.6 is 11.6 Å². The average Bonchev–Trinajstić information content (AvgIpc) is 3.36. The lowest BCUT2D eigenvalue weighted by atomic mass is 10.1. The van der Waals surface area contributed by atoms with Crippen molar-refractivity contribution < 1.29 is 14.1 Å². The van der Waals surface area contributed by atoms with Gasteiger partial charge in [0.05, 0.1) is 11.3 Å². The van der Waals surface area contributed by atoms with Gasteiger partial charge < -0.3 is 9.42 Å². The topological polar surface area (TPSA) is 113 Å². The molecule has 28 heavy (non-hydrogen) atoms. The van der Waals surface area contributed by atoms with Crippen molar-refractivity contribution in [3.05, 3.63) is 53.3 Å². The number of nitrogens with one attached hydrogen (secondary N) is 2. The van der Waals surface area contributed by atoms with Gasteiger partial charge >= 0.3 is 6.01 Å². The van der Waals surface area contributed by atoms with E-state index in [1.54, 1.807) is 47.6 Å². The Labute approximate surface area is 164 Å². The third-order valence-electron chi connectivity index (χ3n) is 4.22. The monoisotopic (exact) mass is 398 g/mol. The van der Waals surface area contributed by atoms with E-state index in [9.17, 15) is 9.59 Å². The minimum absolute atomic E-state index is 0.0212. The first-order chi connectivity index (χ1) is 13.6. The van der Waals surface area contributed by atoms with Crippen molar-refractivity contribution in [1.82, 2.24) is 20.6 Å². The summed E-state index contributed by atoms with van der Waals surface area (Å²) in [6, 6.07) is 8.26. The quantitative estimate of drug-likeness (QED) is 0.635. The van der Waals surface area contributed by atoms with E-state index < -0.39 is 5.91 Å². The molecular weight excluding hydrogens is 384 g/mol. The molecule has 2 aromatic heterocycles. The van der Waals surface area contributed by atoms with E-state index in [-0.39, 0.29) is 11.9 Å². The molecule has 3 heterocycles. The number of pyridine rings is 1. The molecule has 2 amide bonds. The molecule has 0 spiro atoms. The maximum Gasteiger partial charge on any atom is 0.340 e. The summed E-state index contributed by atoms with van der Waals surface area (Å²) in [7, 11) is 0. The fourth-order valence-corrected chi connectivity index (χ4v) is 3.06. The Hall–Kier alpha value is -3.46. The second-order valence-corrected chi connectivity index (χ2v) is 6.48. The normalized spacial score (nSPS) is 13.6. The predicted molar refractivity (Wildman–Crippen MR) is 102 cm³/mol. The number of anilines is 2. The molecule has 2 N–H and O–H groups in total. The molecule has 1 aliphatic heterocycles. The fourth-order valence-electron chi connectivity index (χ4n) is 2.89. The molecule has 4 rings (SSSR count). The first-order valence-electron chi connectivity index (χ1n) is 8.52. The smallest absolute Gasteiger partial charge is 0.313 e. The van der Waals surface area contributed by atoms with Gasteiger partial charge in [-0.25, -0.2) is 5.43 Å². The SMILES string of the molecule is O=C(NNc1nc(-c2ccncc2)no1)c1ccc(Cl)cc1N1CCCC1=O. The Morgan fingerprint density at radius 3 is 2.79 bits per heavy atom. The van der Waals surface area contributed by atoms with Crippen molar-refractivity contribution in [2.45, 2.75) is 12.8 Å². The van der Waals surface area contributed by atoms with Gasteiger partial charge in [-0.1, -0.05) is 16.8 Å². The van der Waals surface area contributed by atoms with E-state index in [0.717, 1.165) is 12.0 Å². The molecular formula is C18H15ClN6O3. The molecule has 3 aromatic rings. The molecule has 1 aromatic carbocycles. The van der Waals surface area contributed by atoms with Crippen molar-refractivity contribution in [3.63, 3.8) is 0 Å². The second kappa shape index (κ2) is 7.65. The number of hydrazine groups is 1. The first-order valence-corrected chi connectivity index (χ1v) is 8.90. The van der Waals surface area contributed by atoms with E-state index in [4.69, 9.17) is 16.1 Å². The van der Waals surface area contributed by atoms with Crippen LogP contribution in [0.25, 0.3) is 11.4 Å². The molecule has 10 heteroatoms. The number of nitrogens with zero attached hydrogens (tertiary/aromatic N) is 4. The summed E-state index contributed by atoms with van der Waals surface area (Å²) in [6.07, 6.45) is 4.42. The van der Waals surface area contributed by atoms with Crippen LogP contribution in [0.2, 0.25) is 5.02 Å². The van der Waals surface area contributed by atoms with Gasteiger partial charge in [-0.3, -0.25) is 20.0 Å². The molecule has 9 nitrogen and oxygen atoms in total. The lowest BCUT2D eigenvalue weighted by Gasteiger charge is -2.19. The van der Waals surface area contributed by atoms with Crippen LogP contribution in [-0.4, -0.2) is 33.5 Å². The van der Waals surface area contributed by atoms with Crippen LogP contribution in [0.1, 0.15) is 23.2 Å². The number of carbonyl (C=O) groups excluding carboxylic acids is 2. The minimum atomic E-state index is -0.463. The average molecular weight is 399 g/mol. The lowest BCUT2D eigenvalue weighted by Crippen LogP contribution is -2.32. The number of hydrogen-bond donors (Lipinski definition) is 2. The highest BCUT2D eigenvalue weighted by Crippen LogP contribution is 2.28. The largest absolute Gasteiger partial charge is 0.340 e. The summed E-state index contributed by atoms with van der Waals surface area (Å²) in [5, 5.41) is 4.28. The van der Waals surface area contributed by atoms with Crippen molar-refractivity contribution in [1.29, 1.82) is 0 Å². The number of rotatable bonds is 5. The highest BCUT2D eigenvalue weighted by Gasteiger charge is 2.26. The zero-order chi connectivity index (χ0) is 19.5. The highest BCUT2D eigenvalue weighted by atomic mass is 35.5. The number of aromatic nitrogens is 3. The Morgan fingerprint density at radius 2 is 2.04 bits per heavy atom. The van der Waals surface area contributed by atoms with Crippen LogP contribution < -0.4 is 15.8 Å². The number of amides is 2. The van der Waals surface area contributed by atoms with E-state index in [1.807, 2.05) is 0 Å². The summed E-state index contributed by atoms with van der Waals surface area (Å²) >= 11 is 6.06. The van der Waals surface area contributed by atoms with Gasteiger partial charge in [0.2, 0.25) is 11.7 Å². The van der Waals surface area contributed by atoms with Gasteiger partial charge in [-0.15, -0.1) is 0 Å². The van der Waals surface area contributed by atoms with Crippen molar-refractivity contribution >= 4 is 35.1 Å². The van der Waals surface area contributed by atoms with Gasteiger partial charge in [-0.2, -0.15) is 4.98 Å². The first kappa shape index (κ1) is 17.9. The van der Waals surface area contributed by atoms with Gasteiger partial charge in [0.25, 0.3) is 5.91 Å². The zero-order valence-electron chi connectivity index (χ0n) is 14.6. The van der Waals surface area contributed by atoms with Crippen molar-refractivity contribution in [2.75, 3.05) is 16.9 Å². The Balaban J connectivity index is 1.49.